The van der Waals surface area contributed by atoms with Gasteiger partial charge < -0.3 is 14.2 Å². The summed E-state index contributed by atoms with van der Waals surface area (Å²) in [6.07, 6.45) is 53.9. The van der Waals surface area contributed by atoms with Crippen molar-refractivity contribution in [3.63, 3.8) is 0 Å². The lowest BCUT2D eigenvalue weighted by Gasteiger charge is -2.18. The van der Waals surface area contributed by atoms with Gasteiger partial charge in [0.25, 0.3) is 0 Å². The molecular weight excluding hydrogens is 817 g/mol. The normalized spacial score (nSPS) is 12.5. The van der Waals surface area contributed by atoms with Crippen LogP contribution in [0.5, 0.6) is 0 Å². The Kier molecular flexibility index (Phi) is 50.0. The topological polar surface area (TPSA) is 78.9 Å². The second-order valence-corrected chi connectivity index (χ2v) is 21.8. The first-order chi connectivity index (χ1) is 32.1. The average molecular weight is 934 g/mol. The third kappa shape index (κ3) is 51.8. The molecule has 0 heterocycles. The van der Waals surface area contributed by atoms with Crippen LogP contribution in [-0.4, -0.2) is 37.2 Å². The zero-order valence-electron chi connectivity index (χ0n) is 45.5. The molecule has 0 saturated heterocycles. The molecule has 0 N–H and O–H groups in total. The van der Waals surface area contributed by atoms with Crippen molar-refractivity contribution in [3.8, 4) is 0 Å². The van der Waals surface area contributed by atoms with Crippen molar-refractivity contribution in [2.75, 3.05) is 13.2 Å². The molecule has 0 aromatic rings. The van der Waals surface area contributed by atoms with Gasteiger partial charge in [0.1, 0.15) is 13.2 Å². The first kappa shape index (κ1) is 64.4. The summed E-state index contributed by atoms with van der Waals surface area (Å²) >= 11 is 0. The largest absolute Gasteiger partial charge is 0.462 e. The van der Waals surface area contributed by atoms with E-state index in [9.17, 15) is 14.4 Å². The second-order valence-electron chi connectivity index (χ2n) is 21.8. The van der Waals surface area contributed by atoms with E-state index in [-0.39, 0.29) is 31.1 Å². The first-order valence-corrected chi connectivity index (χ1v) is 29.6. The maximum absolute atomic E-state index is 12.8. The van der Waals surface area contributed by atoms with Crippen LogP contribution in [-0.2, 0) is 28.6 Å². The number of rotatable bonds is 53. The van der Waals surface area contributed by atoms with Crippen molar-refractivity contribution in [3.05, 3.63) is 0 Å². The summed E-state index contributed by atoms with van der Waals surface area (Å²) in [5.74, 6) is 1.68. The van der Waals surface area contributed by atoms with E-state index in [0.717, 1.165) is 75.5 Å². The highest BCUT2D eigenvalue weighted by atomic mass is 16.6. The smallest absolute Gasteiger partial charge is 0.306 e. The highest BCUT2D eigenvalue weighted by molar-refractivity contribution is 5.71. The zero-order chi connectivity index (χ0) is 48.4. The minimum atomic E-state index is -0.764. The molecule has 0 amide bonds. The van der Waals surface area contributed by atoms with Gasteiger partial charge in [-0.2, -0.15) is 0 Å². The Hall–Kier alpha value is -1.59. The summed E-state index contributed by atoms with van der Waals surface area (Å²) in [5.41, 5.74) is 0. The maximum atomic E-state index is 12.8. The van der Waals surface area contributed by atoms with Crippen LogP contribution in [0, 0.1) is 17.8 Å². The summed E-state index contributed by atoms with van der Waals surface area (Å²) in [6, 6.07) is 0. The van der Waals surface area contributed by atoms with Crippen molar-refractivity contribution in [1.82, 2.24) is 0 Å². The summed E-state index contributed by atoms with van der Waals surface area (Å²) in [7, 11) is 0. The van der Waals surface area contributed by atoms with Gasteiger partial charge in [-0.15, -0.1) is 0 Å². The van der Waals surface area contributed by atoms with Gasteiger partial charge in [0.15, 0.2) is 6.10 Å². The lowest BCUT2D eigenvalue weighted by molar-refractivity contribution is -0.167. The molecule has 0 aromatic heterocycles. The Balaban J connectivity index is 4.18. The van der Waals surface area contributed by atoms with Crippen molar-refractivity contribution in [1.29, 1.82) is 0 Å². The van der Waals surface area contributed by atoms with Gasteiger partial charge in [0.2, 0.25) is 0 Å². The van der Waals surface area contributed by atoms with Crippen LogP contribution in [0.2, 0.25) is 0 Å². The fourth-order valence-corrected chi connectivity index (χ4v) is 9.14. The molecule has 0 aliphatic heterocycles. The molecule has 0 aliphatic rings. The van der Waals surface area contributed by atoms with Crippen molar-refractivity contribution < 1.29 is 28.6 Å². The van der Waals surface area contributed by atoms with E-state index in [1.54, 1.807) is 0 Å². The Morgan fingerprint density at radius 3 is 0.788 bits per heavy atom. The number of hydrogen-bond acceptors (Lipinski definition) is 6. The third-order valence-electron chi connectivity index (χ3n) is 14.0. The molecule has 0 radical (unpaired) electrons. The average Bonchev–Trinajstić information content (AvgIpc) is 3.29. The van der Waals surface area contributed by atoms with Gasteiger partial charge in [-0.25, -0.2) is 0 Å². The number of unbranched alkanes of at least 4 members (excludes halogenated alkanes) is 35. The molecule has 0 bridgehead atoms. The molecule has 0 spiro atoms. The highest BCUT2D eigenvalue weighted by Gasteiger charge is 2.19. The monoisotopic (exact) mass is 933 g/mol. The van der Waals surface area contributed by atoms with Crippen LogP contribution < -0.4 is 0 Å². The zero-order valence-corrected chi connectivity index (χ0v) is 45.5. The molecule has 0 aromatic carbocycles. The van der Waals surface area contributed by atoms with E-state index >= 15 is 0 Å². The van der Waals surface area contributed by atoms with Gasteiger partial charge in [0.05, 0.1) is 0 Å². The van der Waals surface area contributed by atoms with E-state index < -0.39 is 6.10 Å². The third-order valence-corrected chi connectivity index (χ3v) is 14.0. The van der Waals surface area contributed by atoms with Crippen molar-refractivity contribution >= 4 is 17.9 Å². The lowest BCUT2D eigenvalue weighted by Crippen LogP contribution is -2.30. The number of ether oxygens (including phenoxy) is 3. The maximum Gasteiger partial charge on any atom is 0.306 e. The number of esters is 3. The molecule has 0 saturated carbocycles. The lowest BCUT2D eigenvalue weighted by atomic mass is 9.99. The summed E-state index contributed by atoms with van der Waals surface area (Å²) in [5, 5.41) is 0. The van der Waals surface area contributed by atoms with E-state index in [1.807, 2.05) is 0 Å². The first-order valence-electron chi connectivity index (χ1n) is 29.6. The SMILES string of the molecule is CCC(C)CCCCCCCCCCCCCCCCCCCCC(=O)OC[C@H](COC(=O)CCCCCCCCCCCCCCCC(C)C)OC(=O)CCCCCCCCCC(C)C. The van der Waals surface area contributed by atoms with E-state index in [0.29, 0.717) is 19.3 Å². The van der Waals surface area contributed by atoms with Crippen LogP contribution in [0.4, 0.5) is 0 Å². The van der Waals surface area contributed by atoms with Crippen LogP contribution in [0.3, 0.4) is 0 Å². The predicted octanol–water partition coefficient (Wildman–Crippen LogP) is 19.5. The van der Waals surface area contributed by atoms with E-state index in [4.69, 9.17) is 14.2 Å². The fraction of sp³-hybridized carbons (Fsp3) is 0.950. The molecule has 392 valence electrons. The molecule has 1 unspecified atom stereocenters. The van der Waals surface area contributed by atoms with Crippen LogP contribution in [0.15, 0.2) is 0 Å². The fourth-order valence-electron chi connectivity index (χ4n) is 9.14. The number of carbonyl (C=O) groups is 3. The minimum absolute atomic E-state index is 0.0642. The molecule has 0 fully saturated rings. The molecule has 66 heavy (non-hydrogen) atoms. The quantitative estimate of drug-likeness (QED) is 0.0343. The molecule has 6 nitrogen and oxygen atoms in total. The van der Waals surface area contributed by atoms with Crippen molar-refractivity contribution in [2.45, 2.75) is 337 Å². The molecule has 0 rings (SSSR count). The van der Waals surface area contributed by atoms with Crippen molar-refractivity contribution in [2.24, 2.45) is 17.8 Å². The highest BCUT2D eigenvalue weighted by Crippen LogP contribution is 2.19. The number of hydrogen-bond donors (Lipinski definition) is 0. The Labute approximate surface area is 412 Å². The van der Waals surface area contributed by atoms with Gasteiger partial charge in [0, 0.05) is 19.3 Å². The van der Waals surface area contributed by atoms with Gasteiger partial charge in [-0.05, 0) is 37.0 Å². The van der Waals surface area contributed by atoms with Gasteiger partial charge in [-0.1, -0.05) is 292 Å². The molecule has 6 heteroatoms. The predicted molar refractivity (Wildman–Crippen MR) is 284 cm³/mol. The minimum Gasteiger partial charge on any atom is -0.462 e. The Morgan fingerprint density at radius 2 is 0.530 bits per heavy atom. The molecule has 0 aliphatic carbocycles. The summed E-state index contributed by atoms with van der Waals surface area (Å²) < 4.78 is 16.9. The van der Waals surface area contributed by atoms with E-state index in [1.165, 1.54) is 212 Å². The summed E-state index contributed by atoms with van der Waals surface area (Å²) in [6.45, 7) is 13.8. The standard InChI is InChI=1S/C60H116O6/c1-7-56(6)48-42-36-30-24-20-16-12-10-8-9-11-13-17-21-25-31-37-43-49-58(61)64-52-57(66-60(63)51-45-39-33-27-29-35-41-47-55(4)5)53-65-59(62)50-44-38-32-26-22-18-14-15-19-23-28-34-40-46-54(2)3/h54-57H,7-53H2,1-6H3/t56?,57-/m1/s1. The number of carbonyl (C=O) groups excluding carboxylic acids is 3. The van der Waals surface area contributed by atoms with Crippen LogP contribution >= 0.6 is 0 Å². The van der Waals surface area contributed by atoms with Gasteiger partial charge >= 0.3 is 17.9 Å². The second kappa shape index (κ2) is 51.3. The van der Waals surface area contributed by atoms with Crippen LogP contribution in [0.25, 0.3) is 0 Å². The van der Waals surface area contributed by atoms with Crippen LogP contribution in [0.1, 0.15) is 330 Å². The summed E-state index contributed by atoms with van der Waals surface area (Å²) in [4.78, 5) is 38.1. The Bertz CT molecular complexity index is 1020. The van der Waals surface area contributed by atoms with Gasteiger partial charge in [-0.3, -0.25) is 14.4 Å². The molecule has 2 atom stereocenters. The Morgan fingerprint density at radius 1 is 0.303 bits per heavy atom. The van der Waals surface area contributed by atoms with E-state index in [2.05, 4.69) is 41.5 Å². The molecular formula is C60H116O6.